The fourth-order valence-corrected chi connectivity index (χ4v) is 1.22. The van der Waals surface area contributed by atoms with E-state index in [1.54, 1.807) is 0 Å². The van der Waals surface area contributed by atoms with Crippen LogP contribution in [0.1, 0.15) is 19.8 Å². The normalized spacial score (nSPS) is 28.1. The van der Waals surface area contributed by atoms with Gasteiger partial charge in [-0.05, 0) is 6.42 Å². The first-order chi connectivity index (χ1) is 5.64. The minimum absolute atomic E-state index is 0.341. The number of hydrogen-bond donors (Lipinski definition) is 2. The molecule has 0 aromatic carbocycles. The number of imide groups is 1. The van der Waals surface area contributed by atoms with E-state index in [9.17, 15) is 14.4 Å². The number of nitrogens with one attached hydrogen (secondary N) is 2. The summed E-state index contributed by atoms with van der Waals surface area (Å²) in [5.74, 6) is -0.552. The highest BCUT2D eigenvalue weighted by Gasteiger charge is 2.45. The van der Waals surface area contributed by atoms with E-state index in [0.717, 1.165) is 0 Å². The van der Waals surface area contributed by atoms with Crippen molar-refractivity contribution in [3.05, 3.63) is 0 Å². The minimum atomic E-state index is -1.31. The molecule has 12 heavy (non-hydrogen) atoms. The molecule has 1 unspecified atom stereocenters. The van der Waals surface area contributed by atoms with E-state index in [4.69, 9.17) is 0 Å². The maximum Gasteiger partial charge on any atom is 0.322 e. The molecule has 1 rings (SSSR count). The molecule has 1 aliphatic heterocycles. The molecule has 0 spiro atoms. The Hall–Kier alpha value is -1.39. The summed E-state index contributed by atoms with van der Waals surface area (Å²) in [4.78, 5) is 32.4. The second-order valence-electron chi connectivity index (χ2n) is 2.75. The number of carbonyl (C=O) groups excluding carboxylic acids is 3. The van der Waals surface area contributed by atoms with Crippen LogP contribution < -0.4 is 10.6 Å². The van der Waals surface area contributed by atoms with E-state index in [2.05, 4.69) is 5.32 Å². The van der Waals surface area contributed by atoms with Crippen molar-refractivity contribution in [1.82, 2.24) is 10.6 Å². The summed E-state index contributed by atoms with van der Waals surface area (Å²) in [5, 5.41) is 4.32. The Balaban J connectivity index is 2.85. The molecule has 5 nitrogen and oxygen atoms in total. The lowest BCUT2D eigenvalue weighted by Crippen LogP contribution is -2.48. The predicted octanol–water partition coefficient (Wildman–Crippen LogP) is -0.436. The lowest BCUT2D eigenvalue weighted by atomic mass is 9.96. The van der Waals surface area contributed by atoms with Gasteiger partial charge in [0.25, 0.3) is 5.91 Å². The standard InChI is InChI=1S/C7H10N2O3/c1-2-3-7(4-10)5(11)8-6(12)9-7/h4H,2-3H2,1H3,(H2,8,9,11,12). The number of hydrogen-bond acceptors (Lipinski definition) is 3. The molecule has 0 bridgehead atoms. The SMILES string of the molecule is CCCC1(C=O)NC(=O)NC1=O. The number of carbonyl (C=O) groups is 3. The summed E-state index contributed by atoms with van der Waals surface area (Å²) < 4.78 is 0. The van der Waals surface area contributed by atoms with Crippen molar-refractivity contribution in [3.8, 4) is 0 Å². The van der Waals surface area contributed by atoms with E-state index < -0.39 is 17.5 Å². The van der Waals surface area contributed by atoms with Gasteiger partial charge in [-0.3, -0.25) is 10.1 Å². The van der Waals surface area contributed by atoms with Crippen LogP contribution >= 0.6 is 0 Å². The Kier molecular flexibility index (Phi) is 2.12. The van der Waals surface area contributed by atoms with Crippen LogP contribution in [-0.2, 0) is 9.59 Å². The van der Waals surface area contributed by atoms with E-state index >= 15 is 0 Å². The van der Waals surface area contributed by atoms with Gasteiger partial charge in [0.1, 0.15) is 0 Å². The highest BCUT2D eigenvalue weighted by Crippen LogP contribution is 2.14. The Bertz CT molecular complexity index is 239. The molecule has 2 N–H and O–H groups in total. The number of aldehydes is 1. The summed E-state index contributed by atoms with van der Waals surface area (Å²) in [6, 6.07) is -0.597. The Morgan fingerprint density at radius 1 is 1.50 bits per heavy atom. The van der Waals surface area contributed by atoms with E-state index in [1.165, 1.54) is 0 Å². The van der Waals surface area contributed by atoms with Crippen LogP contribution in [0.5, 0.6) is 0 Å². The molecule has 1 heterocycles. The van der Waals surface area contributed by atoms with Gasteiger partial charge in [0.05, 0.1) is 0 Å². The van der Waals surface area contributed by atoms with Gasteiger partial charge in [0.15, 0.2) is 11.8 Å². The molecule has 0 radical (unpaired) electrons. The second-order valence-corrected chi connectivity index (χ2v) is 2.75. The van der Waals surface area contributed by atoms with Crippen LogP contribution in [0, 0.1) is 0 Å². The summed E-state index contributed by atoms with van der Waals surface area (Å²) in [6.07, 6.45) is 1.48. The van der Waals surface area contributed by atoms with Gasteiger partial charge in [-0.25, -0.2) is 4.79 Å². The lowest BCUT2D eigenvalue weighted by Gasteiger charge is -2.16. The monoisotopic (exact) mass is 170 g/mol. The molecular formula is C7H10N2O3. The summed E-state index contributed by atoms with van der Waals surface area (Å²) in [5.41, 5.74) is -1.31. The summed E-state index contributed by atoms with van der Waals surface area (Å²) >= 11 is 0. The molecule has 3 amide bonds. The van der Waals surface area contributed by atoms with Crippen molar-refractivity contribution in [1.29, 1.82) is 0 Å². The maximum absolute atomic E-state index is 11.1. The zero-order valence-electron chi connectivity index (χ0n) is 6.72. The molecule has 66 valence electrons. The van der Waals surface area contributed by atoms with Gasteiger partial charge in [0, 0.05) is 0 Å². The molecule has 1 atom stereocenters. The van der Waals surface area contributed by atoms with Crippen LogP contribution in [0.3, 0.4) is 0 Å². The Labute approximate surface area is 69.5 Å². The van der Waals surface area contributed by atoms with Crippen LogP contribution in [0.15, 0.2) is 0 Å². The van der Waals surface area contributed by atoms with E-state index in [0.29, 0.717) is 19.1 Å². The van der Waals surface area contributed by atoms with Crippen molar-refractivity contribution >= 4 is 18.2 Å². The number of rotatable bonds is 3. The average Bonchev–Trinajstić information content (AvgIpc) is 2.28. The topological polar surface area (TPSA) is 75.3 Å². The number of urea groups is 1. The van der Waals surface area contributed by atoms with Gasteiger partial charge in [-0.1, -0.05) is 13.3 Å². The summed E-state index contributed by atoms with van der Waals surface area (Å²) in [6.45, 7) is 1.84. The quantitative estimate of drug-likeness (QED) is 0.342. The van der Waals surface area contributed by atoms with Crippen LogP contribution in [0.2, 0.25) is 0 Å². The highest BCUT2D eigenvalue weighted by atomic mass is 16.2. The first kappa shape index (κ1) is 8.70. The van der Waals surface area contributed by atoms with Gasteiger partial charge in [0.2, 0.25) is 0 Å². The minimum Gasteiger partial charge on any atom is -0.317 e. The third-order valence-electron chi connectivity index (χ3n) is 1.81. The molecule has 5 heteroatoms. The third kappa shape index (κ3) is 1.17. The first-order valence-electron chi connectivity index (χ1n) is 3.74. The smallest absolute Gasteiger partial charge is 0.317 e. The van der Waals surface area contributed by atoms with E-state index in [1.807, 2.05) is 12.2 Å². The van der Waals surface area contributed by atoms with Crippen LogP contribution in [-0.4, -0.2) is 23.8 Å². The zero-order chi connectivity index (χ0) is 9.19. The molecule has 0 aromatic rings. The Morgan fingerprint density at radius 3 is 2.50 bits per heavy atom. The molecule has 1 saturated heterocycles. The molecule has 1 aliphatic rings. The molecule has 0 aromatic heterocycles. The van der Waals surface area contributed by atoms with Gasteiger partial charge < -0.3 is 10.1 Å². The Morgan fingerprint density at radius 2 is 2.17 bits per heavy atom. The number of amides is 3. The third-order valence-corrected chi connectivity index (χ3v) is 1.81. The lowest BCUT2D eigenvalue weighted by molar-refractivity contribution is -0.129. The maximum atomic E-state index is 11.1. The van der Waals surface area contributed by atoms with Crippen LogP contribution in [0.4, 0.5) is 4.79 Å². The van der Waals surface area contributed by atoms with Crippen molar-refractivity contribution in [3.63, 3.8) is 0 Å². The van der Waals surface area contributed by atoms with Crippen molar-refractivity contribution in [2.24, 2.45) is 0 Å². The van der Waals surface area contributed by atoms with Crippen molar-refractivity contribution in [2.75, 3.05) is 0 Å². The average molecular weight is 170 g/mol. The van der Waals surface area contributed by atoms with Crippen LogP contribution in [0.25, 0.3) is 0 Å². The van der Waals surface area contributed by atoms with E-state index in [-0.39, 0.29) is 0 Å². The fourth-order valence-electron chi connectivity index (χ4n) is 1.22. The largest absolute Gasteiger partial charge is 0.322 e. The zero-order valence-corrected chi connectivity index (χ0v) is 6.72. The van der Waals surface area contributed by atoms with Gasteiger partial charge >= 0.3 is 6.03 Å². The second kappa shape index (κ2) is 2.92. The first-order valence-corrected chi connectivity index (χ1v) is 3.74. The molecule has 1 fully saturated rings. The molecule has 0 saturated carbocycles. The predicted molar refractivity (Wildman–Crippen MR) is 40.4 cm³/mol. The van der Waals surface area contributed by atoms with Gasteiger partial charge in [-0.2, -0.15) is 0 Å². The molecule has 0 aliphatic carbocycles. The fraction of sp³-hybridized carbons (Fsp3) is 0.571. The van der Waals surface area contributed by atoms with Gasteiger partial charge in [-0.15, -0.1) is 0 Å². The van der Waals surface area contributed by atoms with Crippen molar-refractivity contribution < 1.29 is 14.4 Å². The molecular weight excluding hydrogens is 160 g/mol. The van der Waals surface area contributed by atoms with Crippen molar-refractivity contribution in [2.45, 2.75) is 25.3 Å². The summed E-state index contributed by atoms with van der Waals surface area (Å²) in [7, 11) is 0. The highest BCUT2D eigenvalue weighted by molar-refractivity contribution is 6.15.